The predicted octanol–water partition coefficient (Wildman–Crippen LogP) is 19.3. The highest BCUT2D eigenvalue weighted by atomic mass is 16.3. The van der Waals surface area contributed by atoms with Crippen LogP contribution < -0.4 is 0 Å². The van der Waals surface area contributed by atoms with Crippen molar-refractivity contribution in [3.8, 4) is 45.3 Å². The second-order valence-electron chi connectivity index (χ2n) is 24.7. The molecule has 0 aliphatic carbocycles. The zero-order valence-corrected chi connectivity index (χ0v) is 45.2. The fourth-order valence-electron chi connectivity index (χ4n) is 11.1. The highest BCUT2D eigenvalue weighted by Crippen LogP contribution is 2.50. The van der Waals surface area contributed by atoms with Gasteiger partial charge >= 0.3 is 0 Å². The molecule has 0 atom stereocenters. The maximum Gasteiger partial charge on any atom is 0.216 e. The van der Waals surface area contributed by atoms with Crippen LogP contribution in [0.25, 0.3) is 116 Å². The highest BCUT2D eigenvalue weighted by Gasteiger charge is 2.30. The van der Waals surface area contributed by atoms with E-state index in [1.54, 1.807) is 0 Å². The zero-order valence-electron chi connectivity index (χ0n) is 45.2. The first-order valence-electron chi connectivity index (χ1n) is 26.3. The molecule has 12 rings (SSSR count). The predicted molar refractivity (Wildman–Crippen MR) is 315 cm³/mol. The SMILES string of the molecule is [C-]#[N+]c1cc(-n2c3ccc(C(C)(C)C)cc3c3cc(C(C)(C)C)ccc32)c2c(oc3c(-c4nc(-c5ccccc5)cc(-c5ccccc5)n4)cccc32)c1-n1c2ccc(C(C)(C)C)cc2c2cc(C(C)(C)C)ccc21. The minimum Gasteiger partial charge on any atom is -0.454 e. The third-order valence-electron chi connectivity index (χ3n) is 15.4. The van der Waals surface area contributed by atoms with Gasteiger partial charge in [0.15, 0.2) is 11.4 Å². The summed E-state index contributed by atoms with van der Waals surface area (Å²) >= 11 is 0. The minimum absolute atomic E-state index is 0.0720. The van der Waals surface area contributed by atoms with Gasteiger partial charge < -0.3 is 13.6 Å². The van der Waals surface area contributed by atoms with Gasteiger partial charge in [0.1, 0.15) is 5.58 Å². The second kappa shape index (κ2) is 16.9. The van der Waals surface area contributed by atoms with E-state index in [1.165, 1.54) is 33.0 Å². The highest BCUT2D eigenvalue weighted by molar-refractivity contribution is 6.20. The lowest BCUT2D eigenvalue weighted by Crippen LogP contribution is -2.10. The van der Waals surface area contributed by atoms with Gasteiger partial charge in [0.05, 0.1) is 56.7 Å². The van der Waals surface area contributed by atoms with Gasteiger partial charge in [-0.2, -0.15) is 0 Å². The number of para-hydroxylation sites is 1. The molecule has 0 bridgehead atoms. The van der Waals surface area contributed by atoms with Crippen molar-refractivity contribution >= 4 is 71.2 Å². The van der Waals surface area contributed by atoms with E-state index in [1.807, 2.05) is 36.4 Å². The molecule has 0 radical (unpaired) electrons. The normalized spacial score (nSPS) is 12.8. The largest absolute Gasteiger partial charge is 0.454 e. The summed E-state index contributed by atoms with van der Waals surface area (Å²) in [5.41, 5.74) is 16.6. The molecule has 0 spiro atoms. The molecule has 370 valence electrons. The van der Waals surface area contributed by atoms with Crippen molar-refractivity contribution < 1.29 is 4.42 Å². The van der Waals surface area contributed by atoms with Crippen LogP contribution in [-0.2, 0) is 21.7 Å². The van der Waals surface area contributed by atoms with Gasteiger partial charge in [0.25, 0.3) is 0 Å². The number of hydrogen-bond acceptors (Lipinski definition) is 3. The molecule has 0 saturated heterocycles. The van der Waals surface area contributed by atoms with Crippen LogP contribution in [0.5, 0.6) is 0 Å². The first kappa shape index (κ1) is 47.7. The fourth-order valence-corrected chi connectivity index (χ4v) is 11.1. The number of hydrogen-bond donors (Lipinski definition) is 0. The molecule has 6 heteroatoms. The summed E-state index contributed by atoms with van der Waals surface area (Å²) in [7, 11) is 0. The second-order valence-corrected chi connectivity index (χ2v) is 24.7. The van der Waals surface area contributed by atoms with Gasteiger partial charge in [-0.1, -0.05) is 180 Å². The van der Waals surface area contributed by atoms with E-state index < -0.39 is 0 Å². The quantitative estimate of drug-likeness (QED) is 0.162. The lowest BCUT2D eigenvalue weighted by atomic mass is 9.85. The van der Waals surface area contributed by atoms with Crippen LogP contribution in [0.15, 0.2) is 168 Å². The molecule has 0 N–H and O–H groups in total. The van der Waals surface area contributed by atoms with E-state index in [9.17, 15) is 6.57 Å². The van der Waals surface area contributed by atoms with Crippen LogP contribution in [0.3, 0.4) is 0 Å². The molecule has 8 aromatic carbocycles. The Kier molecular flexibility index (Phi) is 10.7. The standard InChI is InChI=1S/C69H63N5O/c1-66(2,3)43-27-31-56-49(35-43)50-36-44(67(4,5)6)28-32-57(50)73(56)60-40-55(70-13)62(74-58-33-29-45(68(7,8)9)37-51(58)52-38-46(69(10,11)12)30-34-59(52)74)64-61(60)47-25-20-26-48(63(47)75-64)65-71-53(41-21-16-14-17-22-41)39-54(72-65)42-23-18-15-19-24-42/h14-40H,1-12H3. The van der Waals surface area contributed by atoms with E-state index >= 15 is 0 Å². The van der Waals surface area contributed by atoms with Crippen LogP contribution in [0.2, 0.25) is 0 Å². The molecule has 12 aromatic rings. The summed E-state index contributed by atoms with van der Waals surface area (Å²) in [4.78, 5) is 15.2. The zero-order chi connectivity index (χ0) is 52.5. The molecule has 4 aromatic heterocycles. The van der Waals surface area contributed by atoms with Crippen LogP contribution >= 0.6 is 0 Å². The van der Waals surface area contributed by atoms with E-state index in [0.717, 1.165) is 77.4 Å². The molecular weight excluding hydrogens is 915 g/mol. The molecule has 0 aliphatic heterocycles. The molecule has 0 fully saturated rings. The van der Waals surface area contributed by atoms with E-state index in [2.05, 4.69) is 224 Å². The maximum absolute atomic E-state index is 9.21. The summed E-state index contributed by atoms with van der Waals surface area (Å²) in [5, 5.41) is 6.43. The van der Waals surface area contributed by atoms with Crippen molar-refractivity contribution in [1.29, 1.82) is 0 Å². The maximum atomic E-state index is 9.21. The third kappa shape index (κ3) is 7.91. The number of rotatable bonds is 5. The molecule has 0 aliphatic rings. The fraction of sp³-hybridized carbons (Fsp3) is 0.232. The summed E-state index contributed by atoms with van der Waals surface area (Å²) in [6.45, 7) is 36.5. The minimum atomic E-state index is -0.0835. The Balaban J connectivity index is 1.25. The first-order valence-corrected chi connectivity index (χ1v) is 26.3. The molecule has 0 saturated carbocycles. The molecule has 0 unspecified atom stereocenters. The van der Waals surface area contributed by atoms with Gasteiger partial charge in [-0.25, -0.2) is 14.8 Å². The number of fused-ring (bicyclic) bond motifs is 9. The Morgan fingerprint density at radius 3 is 1.23 bits per heavy atom. The third-order valence-corrected chi connectivity index (χ3v) is 15.4. The van der Waals surface area contributed by atoms with Crippen LogP contribution in [0, 0.1) is 6.57 Å². The number of aromatic nitrogens is 4. The van der Waals surface area contributed by atoms with Gasteiger partial charge in [0, 0.05) is 43.7 Å². The Labute approximate surface area is 440 Å². The molecular formula is C69H63N5O. The van der Waals surface area contributed by atoms with Crippen molar-refractivity contribution in [3.05, 3.63) is 197 Å². The van der Waals surface area contributed by atoms with E-state index in [0.29, 0.717) is 28.4 Å². The van der Waals surface area contributed by atoms with Crippen LogP contribution in [-0.4, -0.2) is 19.1 Å². The summed E-state index contributed by atoms with van der Waals surface area (Å²) in [5.74, 6) is 0.552. The van der Waals surface area contributed by atoms with Crippen molar-refractivity contribution in [3.63, 3.8) is 0 Å². The Morgan fingerprint density at radius 1 is 0.413 bits per heavy atom. The van der Waals surface area contributed by atoms with E-state index in [-0.39, 0.29) is 21.7 Å². The first-order chi connectivity index (χ1) is 35.7. The van der Waals surface area contributed by atoms with Gasteiger partial charge in [-0.15, -0.1) is 0 Å². The number of nitrogens with zero attached hydrogens (tertiary/aromatic N) is 5. The lowest BCUT2D eigenvalue weighted by Gasteiger charge is -2.20. The monoisotopic (exact) mass is 978 g/mol. The van der Waals surface area contributed by atoms with Crippen LogP contribution in [0.4, 0.5) is 5.69 Å². The topological polar surface area (TPSA) is 53.1 Å². The smallest absolute Gasteiger partial charge is 0.216 e. The average molecular weight is 978 g/mol. The molecule has 75 heavy (non-hydrogen) atoms. The van der Waals surface area contributed by atoms with Crippen molar-refractivity contribution in [1.82, 2.24) is 19.1 Å². The van der Waals surface area contributed by atoms with Crippen molar-refractivity contribution in [2.75, 3.05) is 0 Å². The van der Waals surface area contributed by atoms with Crippen molar-refractivity contribution in [2.24, 2.45) is 0 Å². The Bertz CT molecular complexity index is 4120. The van der Waals surface area contributed by atoms with E-state index in [4.69, 9.17) is 14.4 Å². The van der Waals surface area contributed by atoms with Gasteiger partial charge in [0.2, 0.25) is 5.69 Å². The summed E-state index contributed by atoms with van der Waals surface area (Å²) in [6.07, 6.45) is 0. The summed E-state index contributed by atoms with van der Waals surface area (Å²) in [6, 6.07) is 58.7. The lowest BCUT2D eigenvalue weighted by molar-refractivity contribution is 0.590. The Morgan fingerprint density at radius 2 is 0.827 bits per heavy atom. The number of furan rings is 1. The molecule has 0 amide bonds. The van der Waals surface area contributed by atoms with Crippen molar-refractivity contribution in [2.45, 2.75) is 105 Å². The molecule has 4 heterocycles. The summed E-state index contributed by atoms with van der Waals surface area (Å²) < 4.78 is 12.3. The number of benzene rings is 8. The van der Waals surface area contributed by atoms with Crippen LogP contribution in [0.1, 0.15) is 105 Å². The Hall–Kier alpha value is -8.27. The average Bonchev–Trinajstić information content (AvgIpc) is 4.05. The van der Waals surface area contributed by atoms with Gasteiger partial charge in [-0.3, -0.25) is 0 Å². The van der Waals surface area contributed by atoms with Gasteiger partial charge in [-0.05, 0) is 111 Å². The molecule has 6 nitrogen and oxygen atoms in total.